The van der Waals surface area contributed by atoms with E-state index in [0.29, 0.717) is 23.8 Å². The summed E-state index contributed by atoms with van der Waals surface area (Å²) in [6.45, 7) is 3.22. The van der Waals surface area contributed by atoms with Crippen molar-refractivity contribution in [2.75, 3.05) is 25.1 Å². The Morgan fingerprint density at radius 2 is 2.08 bits per heavy atom. The van der Waals surface area contributed by atoms with Crippen LogP contribution in [0.5, 0.6) is 11.5 Å². The molecule has 132 valence electrons. The van der Waals surface area contributed by atoms with Crippen LogP contribution in [0.15, 0.2) is 48.5 Å². The maximum absolute atomic E-state index is 12.2. The monoisotopic (exact) mass is 341 g/mol. The van der Waals surface area contributed by atoms with Crippen molar-refractivity contribution in [2.45, 2.75) is 25.9 Å². The number of ether oxygens (including phenoxy) is 3. The first-order chi connectivity index (χ1) is 12.2. The number of hydrogen-bond acceptors (Lipinski definition) is 4. The lowest BCUT2D eigenvalue weighted by atomic mass is 10.2. The fraction of sp³-hybridized carbons (Fsp3) is 0.350. The molecular formula is C20H23NO4. The smallest absolute Gasteiger partial charge is 0.262 e. The summed E-state index contributed by atoms with van der Waals surface area (Å²) in [4.78, 5) is 12.2. The summed E-state index contributed by atoms with van der Waals surface area (Å²) in [5.74, 6) is 1.09. The first-order valence-electron chi connectivity index (χ1n) is 8.53. The van der Waals surface area contributed by atoms with Crippen LogP contribution in [-0.4, -0.2) is 31.8 Å². The van der Waals surface area contributed by atoms with Crippen molar-refractivity contribution in [2.24, 2.45) is 0 Å². The molecule has 2 aromatic rings. The first-order valence-corrected chi connectivity index (χ1v) is 8.53. The predicted molar refractivity (Wildman–Crippen MR) is 96.2 cm³/mol. The van der Waals surface area contributed by atoms with Crippen molar-refractivity contribution in [3.8, 4) is 11.5 Å². The lowest BCUT2D eigenvalue weighted by Gasteiger charge is -2.15. The van der Waals surface area contributed by atoms with Gasteiger partial charge in [-0.3, -0.25) is 4.79 Å². The Kier molecular flexibility index (Phi) is 5.90. The molecule has 1 aliphatic heterocycles. The third-order valence-corrected chi connectivity index (χ3v) is 3.97. The number of hydrogen-bond donors (Lipinski definition) is 1. The summed E-state index contributed by atoms with van der Waals surface area (Å²) in [7, 11) is 0. The van der Waals surface area contributed by atoms with Crippen LogP contribution < -0.4 is 14.8 Å². The van der Waals surface area contributed by atoms with E-state index in [1.165, 1.54) is 0 Å². The molecule has 0 unspecified atom stereocenters. The van der Waals surface area contributed by atoms with Crippen molar-refractivity contribution < 1.29 is 19.0 Å². The maximum Gasteiger partial charge on any atom is 0.262 e. The Balaban J connectivity index is 1.53. The molecule has 1 saturated heterocycles. The molecule has 1 atom stereocenters. The molecule has 1 fully saturated rings. The normalized spacial score (nSPS) is 16.4. The highest BCUT2D eigenvalue weighted by molar-refractivity contribution is 5.93. The Morgan fingerprint density at radius 1 is 1.20 bits per heavy atom. The topological polar surface area (TPSA) is 56.8 Å². The molecule has 3 rings (SSSR count). The Bertz CT molecular complexity index is 710. The van der Waals surface area contributed by atoms with Gasteiger partial charge in [0.2, 0.25) is 0 Å². The minimum atomic E-state index is -0.227. The van der Waals surface area contributed by atoms with Crippen LogP contribution in [0.1, 0.15) is 18.4 Å². The Labute approximate surface area is 147 Å². The van der Waals surface area contributed by atoms with Crippen LogP contribution in [0.3, 0.4) is 0 Å². The zero-order valence-electron chi connectivity index (χ0n) is 14.4. The second-order valence-corrected chi connectivity index (χ2v) is 6.10. The number of rotatable bonds is 7. The highest BCUT2D eigenvalue weighted by Gasteiger charge is 2.17. The van der Waals surface area contributed by atoms with Gasteiger partial charge < -0.3 is 19.5 Å². The zero-order chi connectivity index (χ0) is 17.5. The van der Waals surface area contributed by atoms with E-state index in [1.54, 1.807) is 0 Å². The second-order valence-electron chi connectivity index (χ2n) is 6.10. The molecule has 1 N–H and O–H groups in total. The number of nitrogens with one attached hydrogen (secondary N) is 1. The van der Waals surface area contributed by atoms with Crippen molar-refractivity contribution in [1.29, 1.82) is 0 Å². The van der Waals surface area contributed by atoms with Crippen LogP contribution in [0.2, 0.25) is 0 Å². The first kappa shape index (κ1) is 17.3. The Morgan fingerprint density at radius 3 is 2.88 bits per heavy atom. The van der Waals surface area contributed by atoms with E-state index in [2.05, 4.69) is 5.32 Å². The maximum atomic E-state index is 12.2. The molecule has 25 heavy (non-hydrogen) atoms. The average molecular weight is 341 g/mol. The van der Waals surface area contributed by atoms with Crippen LogP contribution in [0.25, 0.3) is 0 Å². The van der Waals surface area contributed by atoms with E-state index in [0.717, 1.165) is 25.0 Å². The molecule has 5 nitrogen and oxygen atoms in total. The van der Waals surface area contributed by atoms with Crippen molar-refractivity contribution >= 4 is 11.6 Å². The minimum absolute atomic E-state index is 0.0521. The average Bonchev–Trinajstić information content (AvgIpc) is 3.13. The number of carbonyl (C=O) groups excluding carboxylic acids is 1. The van der Waals surface area contributed by atoms with Crippen LogP contribution in [0, 0.1) is 6.92 Å². The number of para-hydroxylation sites is 2. The largest absolute Gasteiger partial charge is 0.489 e. The lowest BCUT2D eigenvalue weighted by molar-refractivity contribution is -0.118. The molecule has 0 saturated carbocycles. The highest BCUT2D eigenvalue weighted by Crippen LogP contribution is 2.25. The predicted octanol–water partition coefficient (Wildman–Crippen LogP) is 3.57. The summed E-state index contributed by atoms with van der Waals surface area (Å²) in [5.41, 5.74) is 1.73. The number of amides is 1. The number of benzene rings is 2. The van der Waals surface area contributed by atoms with E-state index in [4.69, 9.17) is 14.2 Å². The molecule has 0 radical (unpaired) electrons. The van der Waals surface area contributed by atoms with Crippen LogP contribution >= 0.6 is 0 Å². The summed E-state index contributed by atoms with van der Waals surface area (Å²) < 4.78 is 16.9. The van der Waals surface area contributed by atoms with Gasteiger partial charge in [-0.05, 0) is 49.6 Å². The zero-order valence-corrected chi connectivity index (χ0v) is 14.4. The fourth-order valence-electron chi connectivity index (χ4n) is 2.69. The summed E-state index contributed by atoms with van der Waals surface area (Å²) in [6, 6.07) is 15.0. The van der Waals surface area contributed by atoms with Gasteiger partial charge in [-0.25, -0.2) is 0 Å². The molecule has 1 aliphatic rings. The van der Waals surface area contributed by atoms with Gasteiger partial charge in [-0.1, -0.05) is 24.3 Å². The van der Waals surface area contributed by atoms with Gasteiger partial charge in [0, 0.05) is 6.61 Å². The van der Waals surface area contributed by atoms with Gasteiger partial charge >= 0.3 is 0 Å². The molecule has 0 aromatic heterocycles. The van der Waals surface area contributed by atoms with Gasteiger partial charge in [0.1, 0.15) is 18.1 Å². The Hall–Kier alpha value is -2.53. The molecule has 1 heterocycles. The van der Waals surface area contributed by atoms with E-state index in [1.807, 2.05) is 55.5 Å². The molecular weight excluding hydrogens is 318 g/mol. The van der Waals surface area contributed by atoms with E-state index >= 15 is 0 Å². The van der Waals surface area contributed by atoms with Gasteiger partial charge in [0.05, 0.1) is 11.8 Å². The molecule has 0 spiro atoms. The van der Waals surface area contributed by atoms with Crippen LogP contribution in [-0.2, 0) is 9.53 Å². The molecule has 5 heteroatoms. The van der Waals surface area contributed by atoms with Crippen molar-refractivity contribution in [3.63, 3.8) is 0 Å². The fourth-order valence-corrected chi connectivity index (χ4v) is 2.69. The van der Waals surface area contributed by atoms with Crippen molar-refractivity contribution in [3.05, 3.63) is 54.1 Å². The summed E-state index contributed by atoms with van der Waals surface area (Å²) in [6.07, 6.45) is 2.22. The molecule has 2 aromatic carbocycles. The van der Waals surface area contributed by atoms with Gasteiger partial charge in [-0.2, -0.15) is 0 Å². The number of aryl methyl sites for hydroxylation is 1. The number of carbonyl (C=O) groups is 1. The van der Waals surface area contributed by atoms with Crippen LogP contribution in [0.4, 0.5) is 5.69 Å². The SMILES string of the molecule is Cc1cccc(OCC(=O)Nc2ccccc2OC[C@H]2CCCO2)c1. The van der Waals surface area contributed by atoms with E-state index in [-0.39, 0.29) is 18.6 Å². The van der Waals surface area contributed by atoms with Gasteiger partial charge in [0.15, 0.2) is 6.61 Å². The third-order valence-electron chi connectivity index (χ3n) is 3.97. The third kappa shape index (κ3) is 5.22. The standard InChI is InChI=1S/C20H23NO4/c1-15-6-4-7-16(12-15)24-14-20(22)21-18-9-2-3-10-19(18)25-13-17-8-5-11-23-17/h2-4,6-7,9-10,12,17H,5,8,11,13-14H2,1H3,(H,21,22)/t17-/m1/s1. The van der Waals surface area contributed by atoms with Gasteiger partial charge in [-0.15, -0.1) is 0 Å². The molecule has 0 aliphatic carbocycles. The van der Waals surface area contributed by atoms with Gasteiger partial charge in [0.25, 0.3) is 5.91 Å². The summed E-state index contributed by atoms with van der Waals surface area (Å²) in [5, 5.41) is 2.84. The van der Waals surface area contributed by atoms with Crippen molar-refractivity contribution in [1.82, 2.24) is 0 Å². The van der Waals surface area contributed by atoms with E-state index in [9.17, 15) is 4.79 Å². The summed E-state index contributed by atoms with van der Waals surface area (Å²) >= 11 is 0. The molecule has 0 bridgehead atoms. The second kappa shape index (κ2) is 8.53. The van der Waals surface area contributed by atoms with E-state index < -0.39 is 0 Å². The minimum Gasteiger partial charge on any atom is -0.489 e. The quantitative estimate of drug-likeness (QED) is 0.836. The highest BCUT2D eigenvalue weighted by atomic mass is 16.5. The number of anilines is 1. The lowest BCUT2D eigenvalue weighted by Crippen LogP contribution is -2.21. The molecule has 1 amide bonds.